The van der Waals surface area contributed by atoms with Crippen molar-refractivity contribution < 1.29 is 69.3 Å². The van der Waals surface area contributed by atoms with Crippen LogP contribution < -0.4 is 10.2 Å². The summed E-state index contributed by atoms with van der Waals surface area (Å²) in [6, 6.07) is 7.31. The molecule has 0 aliphatic carbocycles. The largest absolute Gasteiger partial charge is 0.508 e. The Morgan fingerprint density at radius 2 is 1.50 bits per heavy atom. The van der Waals surface area contributed by atoms with Gasteiger partial charge in [-0.1, -0.05) is 0 Å². The minimum Gasteiger partial charge on any atom is -0.508 e. The highest BCUT2D eigenvalue weighted by Gasteiger charge is 2.51. The standard InChI is InChI=1S/C27H30O15/c1-9-17(32)20(35)22(37)26(38-9)42-25-21(36)18(33)15(8-28)40-27(25)41-24-19(34)16-13(31)6-12(30)7-14(16)39-23(24)10-2-4-11(29)5-3-10/h2-7,9,15,17-18,20-22,25-33,35-37H,8H2,1H3/t9-,15?,17-,18?,20+,21?,22+,25?,26-,27?/m0/s1. The van der Waals surface area contributed by atoms with Gasteiger partial charge in [0, 0.05) is 17.7 Å². The summed E-state index contributed by atoms with van der Waals surface area (Å²) in [5.74, 6) is -2.03. The zero-order valence-corrected chi connectivity index (χ0v) is 21.9. The molecule has 2 aromatic carbocycles. The maximum absolute atomic E-state index is 13.7. The van der Waals surface area contributed by atoms with E-state index in [0.29, 0.717) is 0 Å². The molecule has 3 aromatic rings. The Hall–Kier alpha value is -3.51. The predicted molar refractivity (Wildman–Crippen MR) is 139 cm³/mol. The van der Waals surface area contributed by atoms with Gasteiger partial charge in [0.1, 0.15) is 64.8 Å². The molecule has 2 aliphatic rings. The fourth-order valence-corrected chi connectivity index (χ4v) is 4.87. The normalized spacial score (nSPS) is 33.5. The van der Waals surface area contributed by atoms with Crippen molar-refractivity contribution in [3.05, 3.63) is 46.6 Å². The van der Waals surface area contributed by atoms with Crippen molar-refractivity contribution in [2.24, 2.45) is 0 Å². The fraction of sp³-hybridized carbons (Fsp3) is 0.444. The molecule has 5 unspecified atom stereocenters. The van der Waals surface area contributed by atoms with Gasteiger partial charge < -0.3 is 69.3 Å². The van der Waals surface area contributed by atoms with Crippen LogP contribution in [-0.4, -0.2) is 114 Å². The summed E-state index contributed by atoms with van der Waals surface area (Å²) >= 11 is 0. The molecular formula is C27H30O15. The molecule has 228 valence electrons. The molecule has 0 amide bonds. The first-order valence-corrected chi connectivity index (χ1v) is 12.9. The van der Waals surface area contributed by atoms with Gasteiger partial charge in [0.05, 0.1) is 12.7 Å². The van der Waals surface area contributed by atoms with Gasteiger partial charge in [-0.15, -0.1) is 0 Å². The fourth-order valence-electron chi connectivity index (χ4n) is 4.87. The Balaban J connectivity index is 1.60. The molecule has 9 N–H and O–H groups in total. The average Bonchev–Trinajstić information content (AvgIpc) is 2.95. The molecule has 3 heterocycles. The van der Waals surface area contributed by atoms with E-state index in [1.807, 2.05) is 0 Å². The van der Waals surface area contributed by atoms with Crippen LogP contribution in [0.15, 0.2) is 45.6 Å². The summed E-state index contributed by atoms with van der Waals surface area (Å²) in [4.78, 5) is 13.7. The first-order valence-electron chi connectivity index (χ1n) is 12.9. The summed E-state index contributed by atoms with van der Waals surface area (Å²) in [7, 11) is 0. The van der Waals surface area contributed by atoms with E-state index in [1.54, 1.807) is 0 Å². The number of ether oxygens (including phenoxy) is 4. The van der Waals surface area contributed by atoms with Gasteiger partial charge >= 0.3 is 0 Å². The van der Waals surface area contributed by atoms with Crippen LogP contribution in [0.3, 0.4) is 0 Å². The van der Waals surface area contributed by atoms with Gasteiger partial charge in [-0.2, -0.15) is 0 Å². The van der Waals surface area contributed by atoms with Gasteiger partial charge in [0.2, 0.25) is 17.5 Å². The summed E-state index contributed by atoms with van der Waals surface area (Å²) in [6.07, 6.45) is -16.3. The highest BCUT2D eigenvalue weighted by Crippen LogP contribution is 2.38. The third-order valence-electron chi connectivity index (χ3n) is 7.21. The van der Waals surface area contributed by atoms with E-state index >= 15 is 0 Å². The van der Waals surface area contributed by atoms with Crippen LogP contribution in [0.25, 0.3) is 22.3 Å². The molecule has 5 rings (SSSR count). The maximum atomic E-state index is 13.7. The second kappa shape index (κ2) is 11.6. The highest BCUT2D eigenvalue weighted by atomic mass is 16.8. The van der Waals surface area contributed by atoms with Crippen LogP contribution in [0, 0.1) is 0 Å². The number of aliphatic hydroxyl groups excluding tert-OH is 6. The number of phenols is 3. The molecule has 2 aliphatic heterocycles. The topological polar surface area (TPSA) is 249 Å². The Kier molecular flexibility index (Phi) is 8.30. The molecule has 0 bridgehead atoms. The molecule has 1 aromatic heterocycles. The summed E-state index contributed by atoms with van der Waals surface area (Å²) in [5.41, 5.74) is -0.995. The van der Waals surface area contributed by atoms with Crippen LogP contribution in [0.5, 0.6) is 23.0 Å². The Labute approximate surface area is 236 Å². The van der Waals surface area contributed by atoms with Gasteiger partial charge in [-0.25, -0.2) is 0 Å². The zero-order valence-electron chi connectivity index (χ0n) is 21.9. The van der Waals surface area contributed by atoms with Crippen LogP contribution in [0.2, 0.25) is 0 Å². The second-order valence-electron chi connectivity index (χ2n) is 10.1. The van der Waals surface area contributed by atoms with Crippen LogP contribution in [-0.2, 0) is 14.2 Å². The maximum Gasteiger partial charge on any atom is 0.239 e. The number of hydrogen-bond donors (Lipinski definition) is 9. The van der Waals surface area contributed by atoms with Crippen LogP contribution >= 0.6 is 0 Å². The van der Waals surface area contributed by atoms with Crippen molar-refractivity contribution in [3.8, 4) is 34.3 Å². The van der Waals surface area contributed by atoms with Gasteiger partial charge in [0.15, 0.2) is 18.2 Å². The molecule has 15 nitrogen and oxygen atoms in total. The minimum absolute atomic E-state index is 0.112. The Morgan fingerprint density at radius 3 is 2.17 bits per heavy atom. The van der Waals surface area contributed by atoms with Crippen molar-refractivity contribution in [1.82, 2.24) is 0 Å². The molecule has 15 heteroatoms. The van der Waals surface area contributed by atoms with E-state index in [-0.39, 0.29) is 22.7 Å². The molecule has 2 fully saturated rings. The molecule has 10 atom stereocenters. The number of phenolic OH excluding ortho intramolecular Hbond substituents is 3. The first kappa shape index (κ1) is 30.0. The second-order valence-corrected chi connectivity index (χ2v) is 10.1. The SMILES string of the molecule is C[C@@H]1O[C@@H](OC2C(Oc3c(-c4ccc(O)cc4)oc4cc(O)cc(O)c4c3=O)OC(CO)C(O)C2O)[C@H](O)[C@H](O)[C@H]1O. The van der Waals surface area contributed by atoms with E-state index in [1.165, 1.54) is 31.2 Å². The van der Waals surface area contributed by atoms with E-state index < -0.39 is 96.1 Å². The number of benzene rings is 2. The van der Waals surface area contributed by atoms with Crippen molar-refractivity contribution in [1.29, 1.82) is 0 Å². The smallest absolute Gasteiger partial charge is 0.239 e. The Morgan fingerprint density at radius 1 is 0.810 bits per heavy atom. The van der Waals surface area contributed by atoms with E-state index in [2.05, 4.69) is 0 Å². The summed E-state index contributed by atoms with van der Waals surface area (Å²) in [6.45, 7) is 0.593. The highest BCUT2D eigenvalue weighted by molar-refractivity contribution is 5.88. The number of aliphatic hydroxyl groups is 6. The van der Waals surface area contributed by atoms with Crippen LogP contribution in [0.1, 0.15) is 6.92 Å². The molecule has 2 saturated heterocycles. The summed E-state index contributed by atoms with van der Waals surface area (Å²) < 4.78 is 28.5. The third kappa shape index (κ3) is 5.37. The molecule has 42 heavy (non-hydrogen) atoms. The lowest BCUT2D eigenvalue weighted by Crippen LogP contribution is -2.64. The number of fused-ring (bicyclic) bond motifs is 1. The lowest BCUT2D eigenvalue weighted by atomic mass is 9.97. The summed E-state index contributed by atoms with van der Waals surface area (Å²) in [5, 5.41) is 91.6. The molecule has 0 saturated carbocycles. The number of rotatable bonds is 6. The quantitative estimate of drug-likeness (QED) is 0.159. The van der Waals surface area contributed by atoms with E-state index in [0.717, 1.165) is 12.1 Å². The van der Waals surface area contributed by atoms with E-state index in [4.69, 9.17) is 23.4 Å². The minimum atomic E-state index is -1.87. The molecular weight excluding hydrogens is 564 g/mol. The lowest BCUT2D eigenvalue weighted by Gasteiger charge is -2.45. The average molecular weight is 595 g/mol. The Bertz CT molecular complexity index is 1470. The van der Waals surface area contributed by atoms with Gasteiger partial charge in [-0.05, 0) is 31.2 Å². The first-order chi connectivity index (χ1) is 19.9. The van der Waals surface area contributed by atoms with E-state index in [9.17, 15) is 50.8 Å². The van der Waals surface area contributed by atoms with Crippen LogP contribution in [0.4, 0.5) is 0 Å². The van der Waals surface area contributed by atoms with Crippen molar-refractivity contribution in [2.75, 3.05) is 6.61 Å². The predicted octanol–water partition coefficient (Wildman–Crippen LogP) is -1.39. The van der Waals surface area contributed by atoms with Gasteiger partial charge in [0.25, 0.3) is 0 Å². The van der Waals surface area contributed by atoms with Crippen molar-refractivity contribution in [2.45, 2.75) is 68.3 Å². The van der Waals surface area contributed by atoms with Crippen molar-refractivity contribution >= 4 is 11.0 Å². The lowest BCUT2D eigenvalue weighted by molar-refractivity contribution is -0.354. The molecule has 0 spiro atoms. The number of hydrogen-bond acceptors (Lipinski definition) is 15. The molecule has 0 radical (unpaired) electrons. The number of aromatic hydroxyl groups is 3. The third-order valence-corrected chi connectivity index (χ3v) is 7.21. The monoisotopic (exact) mass is 594 g/mol. The zero-order chi connectivity index (χ0) is 30.5. The van der Waals surface area contributed by atoms with Gasteiger partial charge in [-0.3, -0.25) is 4.79 Å². The van der Waals surface area contributed by atoms with Crippen molar-refractivity contribution in [3.63, 3.8) is 0 Å².